The fourth-order valence-electron chi connectivity index (χ4n) is 4.20. The summed E-state index contributed by atoms with van der Waals surface area (Å²) in [5, 5.41) is 0. The third kappa shape index (κ3) is 4.57. The van der Waals surface area contributed by atoms with E-state index >= 15 is 0 Å². The van der Waals surface area contributed by atoms with Crippen molar-refractivity contribution in [2.75, 3.05) is 17.1 Å². The predicted octanol–water partition coefficient (Wildman–Crippen LogP) is 2.73. The lowest BCUT2D eigenvalue weighted by Gasteiger charge is -2.35. The number of esters is 1. The van der Waals surface area contributed by atoms with E-state index in [1.54, 1.807) is 23.1 Å². The van der Waals surface area contributed by atoms with Crippen LogP contribution >= 0.6 is 0 Å². The zero-order valence-corrected chi connectivity index (χ0v) is 18.6. The van der Waals surface area contributed by atoms with Crippen LogP contribution in [0.1, 0.15) is 62.9 Å². The fourth-order valence-corrected chi connectivity index (χ4v) is 5.46. The number of piperidine rings is 1. The maximum Gasteiger partial charge on any atom is 0.329 e. The Labute approximate surface area is 173 Å². The molecule has 1 amide bonds. The van der Waals surface area contributed by atoms with Crippen molar-refractivity contribution in [3.05, 3.63) is 29.3 Å². The molecule has 2 atom stereocenters. The number of likely N-dealkylation sites (tertiary alicyclic amines) is 1. The molecule has 2 aliphatic heterocycles. The van der Waals surface area contributed by atoms with Crippen molar-refractivity contribution in [3.63, 3.8) is 0 Å². The highest BCUT2D eigenvalue weighted by molar-refractivity contribution is 7.92. The molecule has 0 bridgehead atoms. The zero-order chi connectivity index (χ0) is 21.6. The smallest absolute Gasteiger partial charge is 0.329 e. The molecule has 1 fully saturated rings. The van der Waals surface area contributed by atoms with Crippen molar-refractivity contribution < 1.29 is 22.7 Å². The van der Waals surface area contributed by atoms with E-state index < -0.39 is 21.7 Å². The summed E-state index contributed by atoms with van der Waals surface area (Å²) < 4.78 is 31.1. The van der Waals surface area contributed by atoms with Crippen molar-refractivity contribution >= 4 is 27.6 Å². The van der Waals surface area contributed by atoms with E-state index in [4.69, 9.17) is 4.74 Å². The van der Waals surface area contributed by atoms with Crippen molar-refractivity contribution in [2.24, 2.45) is 0 Å². The van der Waals surface area contributed by atoms with Gasteiger partial charge >= 0.3 is 5.97 Å². The molecule has 0 aliphatic carbocycles. The molecule has 0 N–H and O–H groups in total. The highest BCUT2D eigenvalue weighted by atomic mass is 32.2. The van der Waals surface area contributed by atoms with Crippen molar-refractivity contribution in [1.82, 2.24) is 4.90 Å². The number of sulfonamides is 1. The summed E-state index contributed by atoms with van der Waals surface area (Å²) in [6, 6.07) is 4.34. The number of fused-ring (bicyclic) bond motifs is 1. The van der Waals surface area contributed by atoms with Gasteiger partial charge in [0.25, 0.3) is 5.91 Å². The van der Waals surface area contributed by atoms with Gasteiger partial charge in [0.05, 0.1) is 11.9 Å². The molecular weight excluding hydrogens is 392 g/mol. The summed E-state index contributed by atoms with van der Waals surface area (Å²) in [4.78, 5) is 27.5. The van der Waals surface area contributed by atoms with Crippen LogP contribution in [0.15, 0.2) is 18.2 Å². The van der Waals surface area contributed by atoms with Gasteiger partial charge in [-0.3, -0.25) is 9.10 Å². The molecule has 3 rings (SSSR count). The third-order valence-electron chi connectivity index (χ3n) is 5.28. The summed E-state index contributed by atoms with van der Waals surface area (Å²) in [5.41, 5.74) is 1.32. The Morgan fingerprint density at radius 2 is 1.86 bits per heavy atom. The van der Waals surface area contributed by atoms with Crippen LogP contribution in [-0.4, -0.2) is 55.7 Å². The number of anilines is 1. The average molecular weight is 423 g/mol. The third-order valence-corrected chi connectivity index (χ3v) is 6.55. The number of hydrogen-bond donors (Lipinski definition) is 0. The molecular formula is C21H30N2O5S. The average Bonchev–Trinajstić information content (AvgIpc) is 2.94. The quantitative estimate of drug-likeness (QED) is 0.700. The number of carbonyl (C=O) groups excluding carboxylic acids is 2. The minimum atomic E-state index is -3.38. The molecule has 1 aromatic rings. The molecule has 0 spiro atoms. The Morgan fingerprint density at radius 1 is 1.17 bits per heavy atom. The zero-order valence-electron chi connectivity index (χ0n) is 17.8. The van der Waals surface area contributed by atoms with Gasteiger partial charge in [-0.25, -0.2) is 13.2 Å². The van der Waals surface area contributed by atoms with E-state index in [-0.39, 0.29) is 17.9 Å². The SMILES string of the molecule is CC1Cc2cc(C(=O)N3CCCCC3C(=O)OC(C)(C)C)ccc2N1S(C)(=O)=O. The van der Waals surface area contributed by atoms with E-state index in [1.165, 1.54) is 10.6 Å². The number of amides is 1. The Balaban J connectivity index is 1.86. The van der Waals surface area contributed by atoms with Gasteiger partial charge in [0, 0.05) is 18.2 Å². The number of benzene rings is 1. The minimum Gasteiger partial charge on any atom is -0.458 e. The van der Waals surface area contributed by atoms with E-state index in [1.807, 2.05) is 27.7 Å². The van der Waals surface area contributed by atoms with E-state index in [2.05, 4.69) is 0 Å². The van der Waals surface area contributed by atoms with E-state index in [0.717, 1.165) is 18.4 Å². The molecule has 1 saturated heterocycles. The monoisotopic (exact) mass is 422 g/mol. The van der Waals surface area contributed by atoms with Crippen LogP contribution in [0.5, 0.6) is 0 Å². The van der Waals surface area contributed by atoms with Gasteiger partial charge in [0.2, 0.25) is 10.0 Å². The first-order valence-electron chi connectivity index (χ1n) is 10.0. The lowest BCUT2D eigenvalue weighted by molar-refractivity contribution is -0.161. The fraction of sp³-hybridized carbons (Fsp3) is 0.619. The van der Waals surface area contributed by atoms with Gasteiger partial charge < -0.3 is 9.64 Å². The highest BCUT2D eigenvalue weighted by Crippen LogP contribution is 2.35. The van der Waals surface area contributed by atoms with Gasteiger partial charge in [-0.2, -0.15) is 0 Å². The molecule has 29 heavy (non-hydrogen) atoms. The van der Waals surface area contributed by atoms with Crippen molar-refractivity contribution in [1.29, 1.82) is 0 Å². The molecule has 160 valence electrons. The number of ether oxygens (including phenoxy) is 1. The molecule has 0 radical (unpaired) electrons. The first kappa shape index (κ1) is 21.6. The highest BCUT2D eigenvalue weighted by Gasteiger charge is 2.37. The maximum atomic E-state index is 13.2. The van der Waals surface area contributed by atoms with Crippen LogP contribution < -0.4 is 4.31 Å². The maximum absolute atomic E-state index is 13.2. The van der Waals surface area contributed by atoms with Gasteiger partial charge in [0.15, 0.2) is 0 Å². The predicted molar refractivity (Wildman–Crippen MR) is 111 cm³/mol. The van der Waals surface area contributed by atoms with E-state index in [0.29, 0.717) is 30.6 Å². The first-order chi connectivity index (χ1) is 13.4. The Morgan fingerprint density at radius 3 is 2.48 bits per heavy atom. The van der Waals surface area contributed by atoms with Gasteiger partial charge in [-0.15, -0.1) is 0 Å². The molecule has 7 nitrogen and oxygen atoms in total. The van der Waals surface area contributed by atoms with Gasteiger partial charge in [-0.1, -0.05) is 0 Å². The summed E-state index contributed by atoms with van der Waals surface area (Å²) in [7, 11) is -3.38. The van der Waals surface area contributed by atoms with Crippen LogP contribution in [0.4, 0.5) is 5.69 Å². The number of nitrogens with zero attached hydrogens (tertiary/aromatic N) is 2. The number of rotatable bonds is 3. The number of carbonyl (C=O) groups is 2. The van der Waals surface area contributed by atoms with Crippen molar-refractivity contribution in [3.8, 4) is 0 Å². The molecule has 0 aromatic heterocycles. The second-order valence-corrected chi connectivity index (χ2v) is 10.9. The lowest BCUT2D eigenvalue weighted by atomic mass is 9.99. The number of hydrogen-bond acceptors (Lipinski definition) is 5. The topological polar surface area (TPSA) is 84.0 Å². The Hall–Kier alpha value is -2.09. The lowest BCUT2D eigenvalue weighted by Crippen LogP contribution is -2.50. The molecule has 2 aliphatic rings. The molecule has 2 heterocycles. The Bertz CT molecular complexity index is 919. The molecule has 2 unspecified atom stereocenters. The largest absolute Gasteiger partial charge is 0.458 e. The second-order valence-electron chi connectivity index (χ2n) is 9.00. The van der Waals surface area contributed by atoms with E-state index in [9.17, 15) is 18.0 Å². The normalized spacial score (nSPS) is 22.4. The molecule has 0 saturated carbocycles. The summed E-state index contributed by atoms with van der Waals surface area (Å²) in [6.45, 7) is 7.80. The summed E-state index contributed by atoms with van der Waals surface area (Å²) >= 11 is 0. The van der Waals surface area contributed by atoms with Crippen LogP contribution in [-0.2, 0) is 26.0 Å². The second kappa shape index (κ2) is 7.63. The van der Waals surface area contributed by atoms with Gasteiger partial charge in [-0.05, 0) is 77.1 Å². The summed E-state index contributed by atoms with van der Waals surface area (Å²) in [5.74, 6) is -0.586. The van der Waals surface area contributed by atoms with Crippen LogP contribution in [0, 0.1) is 0 Å². The van der Waals surface area contributed by atoms with Gasteiger partial charge in [0.1, 0.15) is 11.6 Å². The first-order valence-corrected chi connectivity index (χ1v) is 11.9. The molecule has 8 heteroatoms. The summed E-state index contributed by atoms with van der Waals surface area (Å²) in [6.07, 6.45) is 4.05. The minimum absolute atomic E-state index is 0.185. The van der Waals surface area contributed by atoms with Crippen LogP contribution in [0.25, 0.3) is 0 Å². The van der Waals surface area contributed by atoms with Crippen molar-refractivity contribution in [2.45, 2.75) is 71.1 Å². The Kier molecular flexibility index (Phi) is 5.69. The standard InChI is InChI=1S/C21H30N2O5S/c1-14-12-16-13-15(9-10-17(16)23(14)29(5,26)27)19(24)22-11-7-6-8-18(22)20(25)28-21(2,3)4/h9-10,13-14,18H,6-8,11-12H2,1-5H3. The van der Waals surface area contributed by atoms with Crippen LogP contribution in [0.2, 0.25) is 0 Å². The van der Waals surface area contributed by atoms with Crippen LogP contribution in [0.3, 0.4) is 0 Å². The molecule has 1 aromatic carbocycles.